The lowest BCUT2D eigenvalue weighted by molar-refractivity contribution is 0.125. The standard InChI is InChI=1S/C41H38N4/c1-39(2)33-22-20-30(25-34(33)40(3,4)41(39,5)6)35-23-21-32(26-42-35)38-44-36(28-16-11-8-12-17-28)43-37(45-38)31-19-13-18-29(24-31)27-14-9-7-10-15-27/h7-26H,1-6H3. The van der Waals surface area contributed by atoms with E-state index in [0.717, 1.165) is 39.1 Å². The summed E-state index contributed by atoms with van der Waals surface area (Å²) in [6.07, 6.45) is 1.88. The van der Waals surface area contributed by atoms with Gasteiger partial charge in [0, 0.05) is 28.5 Å². The number of benzene rings is 4. The minimum absolute atomic E-state index is 0.0364. The van der Waals surface area contributed by atoms with Crippen LogP contribution in [-0.2, 0) is 10.8 Å². The Kier molecular flexibility index (Phi) is 6.77. The second kappa shape index (κ2) is 10.6. The molecule has 0 saturated carbocycles. The Hall–Kier alpha value is -4.96. The molecule has 0 fully saturated rings. The fraction of sp³-hybridized carbons (Fsp3) is 0.220. The summed E-state index contributed by atoms with van der Waals surface area (Å²) >= 11 is 0. The first-order valence-corrected chi connectivity index (χ1v) is 15.7. The lowest BCUT2D eigenvalue weighted by Gasteiger charge is -2.44. The van der Waals surface area contributed by atoms with E-state index in [4.69, 9.17) is 19.9 Å². The quantitative estimate of drug-likeness (QED) is 0.202. The highest BCUT2D eigenvalue weighted by atomic mass is 15.0. The van der Waals surface area contributed by atoms with Crippen LogP contribution in [0.2, 0.25) is 0 Å². The van der Waals surface area contributed by atoms with Gasteiger partial charge in [0.05, 0.1) is 5.69 Å². The molecule has 0 bridgehead atoms. The number of fused-ring (bicyclic) bond motifs is 1. The first-order chi connectivity index (χ1) is 21.6. The van der Waals surface area contributed by atoms with Crippen LogP contribution in [-0.4, -0.2) is 19.9 Å². The predicted octanol–water partition coefficient (Wildman–Crippen LogP) is 10.2. The van der Waals surface area contributed by atoms with Gasteiger partial charge < -0.3 is 0 Å². The first kappa shape index (κ1) is 28.8. The molecule has 45 heavy (non-hydrogen) atoms. The van der Waals surface area contributed by atoms with E-state index in [1.165, 1.54) is 11.1 Å². The zero-order valence-electron chi connectivity index (χ0n) is 26.8. The van der Waals surface area contributed by atoms with E-state index in [0.29, 0.717) is 17.5 Å². The largest absolute Gasteiger partial charge is 0.255 e. The van der Waals surface area contributed by atoms with Crippen molar-refractivity contribution in [1.82, 2.24) is 19.9 Å². The van der Waals surface area contributed by atoms with Gasteiger partial charge in [-0.2, -0.15) is 0 Å². The molecule has 222 valence electrons. The zero-order chi connectivity index (χ0) is 31.4. The Morgan fingerprint density at radius 1 is 0.400 bits per heavy atom. The highest BCUT2D eigenvalue weighted by Gasteiger charge is 2.56. The number of hydrogen-bond acceptors (Lipinski definition) is 4. The van der Waals surface area contributed by atoms with Crippen molar-refractivity contribution in [1.29, 1.82) is 0 Å². The number of rotatable bonds is 5. The molecule has 4 nitrogen and oxygen atoms in total. The number of aromatic nitrogens is 4. The van der Waals surface area contributed by atoms with Gasteiger partial charge in [0.2, 0.25) is 0 Å². The van der Waals surface area contributed by atoms with E-state index in [1.54, 1.807) is 0 Å². The van der Waals surface area contributed by atoms with Gasteiger partial charge in [0.15, 0.2) is 17.5 Å². The summed E-state index contributed by atoms with van der Waals surface area (Å²) in [5.41, 5.74) is 10.1. The molecule has 6 aromatic rings. The van der Waals surface area contributed by atoms with Gasteiger partial charge in [-0.15, -0.1) is 0 Å². The van der Waals surface area contributed by atoms with Crippen molar-refractivity contribution in [2.24, 2.45) is 5.41 Å². The molecule has 4 aromatic carbocycles. The van der Waals surface area contributed by atoms with Crippen LogP contribution >= 0.6 is 0 Å². The smallest absolute Gasteiger partial charge is 0.165 e. The van der Waals surface area contributed by atoms with Crippen molar-refractivity contribution < 1.29 is 0 Å². The molecule has 0 amide bonds. The number of pyridine rings is 1. The van der Waals surface area contributed by atoms with Crippen molar-refractivity contribution in [2.45, 2.75) is 52.4 Å². The molecule has 0 spiro atoms. The van der Waals surface area contributed by atoms with E-state index in [9.17, 15) is 0 Å². The minimum atomic E-state index is 0.0364. The monoisotopic (exact) mass is 586 g/mol. The maximum absolute atomic E-state index is 4.97. The van der Waals surface area contributed by atoms with Gasteiger partial charge in [-0.1, -0.05) is 133 Å². The van der Waals surface area contributed by atoms with Gasteiger partial charge in [0.25, 0.3) is 0 Å². The lowest BCUT2D eigenvalue weighted by atomic mass is 9.59. The molecule has 2 heterocycles. The molecule has 1 aliphatic carbocycles. The third-order valence-electron chi connectivity index (χ3n) is 10.7. The summed E-state index contributed by atoms with van der Waals surface area (Å²) in [6, 6.07) is 39.8. The molecule has 0 atom stereocenters. The van der Waals surface area contributed by atoms with Crippen LogP contribution in [0.25, 0.3) is 56.5 Å². The molecule has 1 aliphatic rings. The molecule has 0 saturated heterocycles. The Morgan fingerprint density at radius 3 is 1.58 bits per heavy atom. The predicted molar refractivity (Wildman–Crippen MR) is 185 cm³/mol. The average Bonchev–Trinajstić information content (AvgIpc) is 3.18. The van der Waals surface area contributed by atoms with Gasteiger partial charge in [0.1, 0.15) is 0 Å². The van der Waals surface area contributed by atoms with Crippen LogP contribution in [0.5, 0.6) is 0 Å². The molecule has 0 radical (unpaired) electrons. The van der Waals surface area contributed by atoms with Gasteiger partial charge in [-0.25, -0.2) is 15.0 Å². The fourth-order valence-electron chi connectivity index (χ4n) is 6.74. The van der Waals surface area contributed by atoms with E-state index in [1.807, 2.05) is 42.6 Å². The normalized spacial score (nSPS) is 15.9. The SMILES string of the molecule is CC1(C)c2ccc(-c3ccc(-c4nc(-c5ccccc5)nc(-c5cccc(-c6ccccc6)c5)n4)cn3)cc2C(C)(C)C1(C)C. The van der Waals surface area contributed by atoms with Crippen LogP contribution in [0.4, 0.5) is 0 Å². The molecule has 0 aliphatic heterocycles. The molecule has 0 N–H and O–H groups in total. The Balaban J connectivity index is 1.28. The Morgan fingerprint density at radius 2 is 0.933 bits per heavy atom. The number of nitrogens with zero attached hydrogens (tertiary/aromatic N) is 4. The molecule has 7 rings (SSSR count). The van der Waals surface area contributed by atoms with Crippen molar-refractivity contribution in [3.05, 3.63) is 133 Å². The first-order valence-electron chi connectivity index (χ1n) is 15.7. The molecule has 2 aromatic heterocycles. The second-order valence-corrected chi connectivity index (χ2v) is 13.7. The summed E-state index contributed by atoms with van der Waals surface area (Å²) < 4.78 is 0. The Labute approximate surface area is 266 Å². The van der Waals surface area contributed by atoms with Gasteiger partial charge >= 0.3 is 0 Å². The average molecular weight is 587 g/mol. The summed E-state index contributed by atoms with van der Waals surface area (Å²) in [6.45, 7) is 14.3. The topological polar surface area (TPSA) is 51.6 Å². The van der Waals surface area contributed by atoms with Crippen molar-refractivity contribution in [2.75, 3.05) is 0 Å². The highest BCUT2D eigenvalue weighted by Crippen LogP contribution is 2.61. The fourth-order valence-corrected chi connectivity index (χ4v) is 6.74. The van der Waals surface area contributed by atoms with Crippen LogP contribution in [0.3, 0.4) is 0 Å². The van der Waals surface area contributed by atoms with Crippen molar-refractivity contribution >= 4 is 0 Å². The highest BCUT2D eigenvalue weighted by molar-refractivity contribution is 5.73. The van der Waals surface area contributed by atoms with Gasteiger partial charge in [-0.05, 0) is 62.8 Å². The molecular weight excluding hydrogens is 548 g/mol. The van der Waals surface area contributed by atoms with Crippen LogP contribution < -0.4 is 0 Å². The second-order valence-electron chi connectivity index (χ2n) is 13.7. The summed E-state index contributed by atoms with van der Waals surface area (Å²) in [5, 5.41) is 0. The van der Waals surface area contributed by atoms with Crippen LogP contribution in [0.1, 0.15) is 52.7 Å². The van der Waals surface area contributed by atoms with Crippen molar-refractivity contribution in [3.8, 4) is 56.5 Å². The van der Waals surface area contributed by atoms with Crippen LogP contribution in [0.15, 0.2) is 121 Å². The molecule has 4 heteroatoms. The Bertz CT molecular complexity index is 2010. The summed E-state index contributed by atoms with van der Waals surface area (Å²) in [7, 11) is 0. The van der Waals surface area contributed by atoms with E-state index in [-0.39, 0.29) is 16.2 Å². The van der Waals surface area contributed by atoms with E-state index in [2.05, 4.69) is 120 Å². The third kappa shape index (κ3) is 4.76. The van der Waals surface area contributed by atoms with E-state index >= 15 is 0 Å². The van der Waals surface area contributed by atoms with Crippen molar-refractivity contribution in [3.63, 3.8) is 0 Å². The summed E-state index contributed by atoms with van der Waals surface area (Å²) in [4.78, 5) is 19.7. The maximum atomic E-state index is 4.97. The lowest BCUT2D eigenvalue weighted by Crippen LogP contribution is -2.42. The van der Waals surface area contributed by atoms with Crippen LogP contribution in [0, 0.1) is 5.41 Å². The summed E-state index contributed by atoms with van der Waals surface area (Å²) in [5.74, 6) is 1.87. The third-order valence-corrected chi connectivity index (χ3v) is 10.7. The number of hydrogen-bond donors (Lipinski definition) is 0. The maximum Gasteiger partial charge on any atom is 0.165 e. The molecule has 0 unspecified atom stereocenters. The van der Waals surface area contributed by atoms with Gasteiger partial charge in [-0.3, -0.25) is 4.98 Å². The molecular formula is C41H38N4. The minimum Gasteiger partial charge on any atom is -0.255 e. The zero-order valence-corrected chi connectivity index (χ0v) is 26.8. The van der Waals surface area contributed by atoms with E-state index < -0.39 is 0 Å².